The van der Waals surface area contributed by atoms with Crippen molar-refractivity contribution in [1.29, 1.82) is 0 Å². The lowest BCUT2D eigenvalue weighted by atomic mass is 9.92. The molecule has 5 aromatic rings. The van der Waals surface area contributed by atoms with Gasteiger partial charge in [0, 0.05) is 21.0 Å². The van der Waals surface area contributed by atoms with E-state index >= 15 is 0 Å². The zero-order valence-electron chi connectivity index (χ0n) is 18.8. The van der Waals surface area contributed by atoms with Crippen LogP contribution in [0.1, 0.15) is 52.0 Å². The summed E-state index contributed by atoms with van der Waals surface area (Å²) < 4.78 is 11.5. The Balaban J connectivity index is 1.92. The first kappa shape index (κ1) is 17.9. The fourth-order valence-electron chi connectivity index (χ4n) is 4.30. The minimum Gasteiger partial charge on any atom is -0.292 e. The number of fused-ring (bicyclic) bond motifs is 2. The van der Waals surface area contributed by atoms with E-state index in [0.717, 1.165) is 32.5 Å². The average Bonchev–Trinajstić information content (AvgIpc) is 3.33. The first-order chi connectivity index (χ1) is 15.0. The summed E-state index contributed by atoms with van der Waals surface area (Å²) in [6, 6.07) is 21.5. The van der Waals surface area contributed by atoms with E-state index in [0.29, 0.717) is 17.9 Å². The van der Waals surface area contributed by atoms with E-state index in [1.54, 1.807) is 11.3 Å². The van der Waals surface area contributed by atoms with Crippen molar-refractivity contribution >= 4 is 32.5 Å². The van der Waals surface area contributed by atoms with E-state index in [-0.39, 0.29) is 0 Å². The molecule has 0 bridgehead atoms. The van der Waals surface area contributed by atoms with Gasteiger partial charge >= 0.3 is 0 Å². The molecular weight excluding hydrogens is 384 g/mol. The van der Waals surface area contributed by atoms with Gasteiger partial charge in [0.15, 0.2) is 0 Å². The highest BCUT2D eigenvalue weighted by Gasteiger charge is 2.23. The lowest BCUT2D eigenvalue weighted by molar-refractivity contribution is 0.811. The van der Waals surface area contributed by atoms with Crippen LogP contribution in [0.3, 0.4) is 0 Å². The molecule has 3 aromatic carbocycles. The van der Waals surface area contributed by atoms with Crippen LogP contribution in [0, 0.1) is 0 Å². The van der Waals surface area contributed by atoms with Crippen LogP contribution in [0.25, 0.3) is 38.2 Å². The second-order valence-electron chi connectivity index (χ2n) is 8.43. The van der Waals surface area contributed by atoms with Crippen LogP contribution in [0.4, 0.5) is 0 Å². The summed E-state index contributed by atoms with van der Waals surface area (Å²) in [5, 5.41) is 3.35. The van der Waals surface area contributed by atoms with Gasteiger partial charge < -0.3 is 0 Å². The fourth-order valence-corrected chi connectivity index (χ4v) is 5.22. The molecule has 0 unspecified atom stereocenters. The van der Waals surface area contributed by atoms with E-state index in [4.69, 9.17) is 6.35 Å². The second kappa shape index (κ2) is 7.41. The lowest BCUT2D eigenvalue weighted by Crippen LogP contribution is -2.08. The Kier molecular flexibility index (Phi) is 4.42. The molecule has 0 fully saturated rings. The molecule has 0 radical (unpaired) electrons. The fraction of sp³-hybridized carbons (Fsp3) is 0.222. The van der Waals surface area contributed by atoms with Gasteiger partial charge in [0.2, 0.25) is 0 Å². The van der Waals surface area contributed by atoms with Crippen molar-refractivity contribution in [2.75, 3.05) is 0 Å². The molecule has 0 aliphatic carbocycles. The molecule has 0 aliphatic heterocycles. The van der Waals surface area contributed by atoms with Gasteiger partial charge in [-0.25, -0.2) is 4.98 Å². The Hall–Kier alpha value is -2.91. The molecular formula is C27H26N2S. The largest absolute Gasteiger partial charge is 0.292 e. The minimum absolute atomic E-state index is 0.396. The molecule has 3 heteroatoms. The Morgan fingerprint density at radius 3 is 2.33 bits per heavy atom. The van der Waals surface area contributed by atoms with Crippen molar-refractivity contribution in [3.05, 3.63) is 83.2 Å². The summed E-state index contributed by atoms with van der Waals surface area (Å²) in [5.74, 6) is 1.76. The highest BCUT2D eigenvalue weighted by molar-refractivity contribution is 7.17. The molecule has 2 heterocycles. The molecule has 0 aliphatic rings. The van der Waals surface area contributed by atoms with Crippen LogP contribution in [-0.4, -0.2) is 9.55 Å². The maximum atomic E-state index is 7.99. The third-order valence-corrected chi connectivity index (χ3v) is 6.73. The Bertz CT molecular complexity index is 1380. The number of nitrogens with zero attached hydrogens (tertiary/aromatic N) is 2. The molecule has 150 valence electrons. The number of para-hydroxylation sites is 3. The molecule has 5 rings (SSSR count). The number of imidazole rings is 1. The average molecular weight is 412 g/mol. The third-order valence-electron chi connectivity index (χ3n) is 5.79. The third kappa shape index (κ3) is 2.96. The van der Waals surface area contributed by atoms with Gasteiger partial charge in [-0.1, -0.05) is 76.2 Å². The minimum atomic E-state index is 0.396. The molecule has 0 N–H and O–H groups in total. The van der Waals surface area contributed by atoms with Crippen LogP contribution in [0.5, 0.6) is 0 Å². The molecule has 0 amide bonds. The maximum Gasteiger partial charge on any atom is 0.147 e. The SMILES string of the molecule is [2H]c1ccc2c(-c3nc4ccccc4n3-c3c(C(C)C)cccc3C(C)C)csc2c1. The van der Waals surface area contributed by atoms with Gasteiger partial charge in [-0.2, -0.15) is 0 Å². The van der Waals surface area contributed by atoms with Crippen molar-refractivity contribution in [2.45, 2.75) is 39.5 Å². The summed E-state index contributed by atoms with van der Waals surface area (Å²) in [6.45, 7) is 9.05. The lowest BCUT2D eigenvalue weighted by Gasteiger charge is -2.22. The molecule has 0 atom stereocenters. The zero-order chi connectivity index (χ0) is 21.7. The highest BCUT2D eigenvalue weighted by atomic mass is 32.1. The summed E-state index contributed by atoms with van der Waals surface area (Å²) in [6.07, 6.45) is 0. The predicted octanol–water partition coefficient (Wildman–Crippen LogP) is 8.15. The Morgan fingerprint density at radius 2 is 1.60 bits per heavy atom. The van der Waals surface area contributed by atoms with E-state index < -0.39 is 0 Å². The standard InChI is InChI=1S/C27H26N2S/c1-17(2)19-11-9-12-20(18(3)4)26(19)29-24-14-7-6-13-23(24)28-27(29)22-16-30-25-15-8-5-10-21(22)25/h5-18H,1-4H3/i8D. The van der Waals surface area contributed by atoms with Crippen molar-refractivity contribution in [3.63, 3.8) is 0 Å². The Morgan fingerprint density at radius 1 is 0.867 bits per heavy atom. The van der Waals surface area contributed by atoms with Gasteiger partial charge in [-0.3, -0.25) is 4.57 Å². The van der Waals surface area contributed by atoms with Gasteiger partial charge in [-0.15, -0.1) is 11.3 Å². The van der Waals surface area contributed by atoms with Crippen molar-refractivity contribution in [1.82, 2.24) is 9.55 Å². The van der Waals surface area contributed by atoms with Crippen LogP contribution < -0.4 is 0 Å². The topological polar surface area (TPSA) is 17.8 Å². The smallest absolute Gasteiger partial charge is 0.147 e. The van der Waals surface area contributed by atoms with Crippen LogP contribution in [0.15, 0.2) is 72.1 Å². The summed E-state index contributed by atoms with van der Waals surface area (Å²) in [7, 11) is 0. The van der Waals surface area contributed by atoms with Gasteiger partial charge in [-0.05, 0) is 41.2 Å². The molecule has 2 aromatic heterocycles. The molecule has 0 saturated heterocycles. The second-order valence-corrected chi connectivity index (χ2v) is 9.34. The number of hydrogen-bond donors (Lipinski definition) is 0. The molecule has 2 nitrogen and oxygen atoms in total. The maximum absolute atomic E-state index is 7.99. The summed E-state index contributed by atoms with van der Waals surface area (Å²) >= 11 is 1.68. The molecule has 0 saturated carbocycles. The van der Waals surface area contributed by atoms with Crippen LogP contribution in [-0.2, 0) is 0 Å². The van der Waals surface area contributed by atoms with Gasteiger partial charge in [0.25, 0.3) is 0 Å². The van der Waals surface area contributed by atoms with E-state index in [1.165, 1.54) is 16.8 Å². The van der Waals surface area contributed by atoms with E-state index in [1.807, 2.05) is 12.1 Å². The predicted molar refractivity (Wildman–Crippen MR) is 130 cm³/mol. The number of hydrogen-bond acceptors (Lipinski definition) is 2. The van der Waals surface area contributed by atoms with E-state index in [9.17, 15) is 0 Å². The number of thiophene rings is 1. The number of aromatic nitrogens is 2. The Labute approximate surface area is 183 Å². The molecule has 0 spiro atoms. The normalized spacial score (nSPS) is 12.4. The van der Waals surface area contributed by atoms with Crippen molar-refractivity contribution < 1.29 is 1.37 Å². The quantitative estimate of drug-likeness (QED) is 0.292. The summed E-state index contributed by atoms with van der Waals surface area (Å²) in [4.78, 5) is 5.13. The first-order valence-electron chi connectivity index (χ1n) is 11.0. The summed E-state index contributed by atoms with van der Waals surface area (Å²) in [5.41, 5.74) is 7.19. The van der Waals surface area contributed by atoms with Gasteiger partial charge in [0.05, 0.1) is 18.1 Å². The van der Waals surface area contributed by atoms with E-state index in [2.05, 4.69) is 86.2 Å². The van der Waals surface area contributed by atoms with Crippen molar-refractivity contribution in [3.8, 4) is 17.1 Å². The van der Waals surface area contributed by atoms with Crippen LogP contribution >= 0.6 is 11.3 Å². The van der Waals surface area contributed by atoms with Gasteiger partial charge in [0.1, 0.15) is 5.82 Å². The zero-order valence-corrected chi connectivity index (χ0v) is 18.6. The number of rotatable bonds is 4. The number of benzene rings is 3. The highest BCUT2D eigenvalue weighted by Crippen LogP contribution is 2.40. The molecule has 30 heavy (non-hydrogen) atoms. The van der Waals surface area contributed by atoms with Crippen molar-refractivity contribution in [2.24, 2.45) is 0 Å². The van der Waals surface area contributed by atoms with Crippen LogP contribution in [0.2, 0.25) is 0 Å². The first-order valence-corrected chi connectivity index (χ1v) is 11.4. The monoisotopic (exact) mass is 411 g/mol.